The molecular weight excluding hydrogens is 140 g/mol. The van der Waals surface area contributed by atoms with Crippen LogP contribution in [-0.4, -0.2) is 17.5 Å². The molecular formula is C8H12N2O. The molecule has 0 radical (unpaired) electrons. The summed E-state index contributed by atoms with van der Waals surface area (Å²) in [6.45, 7) is 1.92. The van der Waals surface area contributed by atoms with Crippen molar-refractivity contribution >= 4 is 5.91 Å². The molecule has 0 aromatic carbocycles. The first-order valence-electron chi connectivity index (χ1n) is 3.50. The number of aryl methyl sites for hydroxylation is 2. The van der Waals surface area contributed by atoms with Crippen molar-refractivity contribution in [2.75, 3.05) is 7.05 Å². The summed E-state index contributed by atoms with van der Waals surface area (Å²) in [6.07, 6.45) is 3.73. The Labute approximate surface area is 66.0 Å². The van der Waals surface area contributed by atoms with Crippen molar-refractivity contribution in [2.45, 2.75) is 6.92 Å². The van der Waals surface area contributed by atoms with Gasteiger partial charge in [-0.25, -0.2) is 0 Å². The molecule has 0 saturated heterocycles. The summed E-state index contributed by atoms with van der Waals surface area (Å²) in [5.41, 5.74) is 1.75. The fourth-order valence-corrected chi connectivity index (χ4v) is 1.09. The van der Waals surface area contributed by atoms with Crippen molar-refractivity contribution in [1.29, 1.82) is 0 Å². The highest BCUT2D eigenvalue weighted by atomic mass is 16.1. The zero-order valence-electron chi connectivity index (χ0n) is 7.01. The smallest absolute Gasteiger partial charge is 0.252 e. The lowest BCUT2D eigenvalue weighted by atomic mass is 10.2. The van der Waals surface area contributed by atoms with Gasteiger partial charge in [-0.3, -0.25) is 4.79 Å². The van der Waals surface area contributed by atoms with Crippen LogP contribution in [0.15, 0.2) is 12.4 Å². The van der Waals surface area contributed by atoms with Crippen LogP contribution in [0.3, 0.4) is 0 Å². The normalized spacial score (nSPS) is 9.73. The number of hydrogen-bond donors (Lipinski definition) is 1. The number of rotatable bonds is 1. The lowest BCUT2D eigenvalue weighted by Crippen LogP contribution is -2.17. The maximum atomic E-state index is 11.1. The van der Waals surface area contributed by atoms with E-state index in [0.29, 0.717) is 0 Å². The fraction of sp³-hybridized carbons (Fsp3) is 0.375. The number of nitrogens with one attached hydrogen (secondary N) is 1. The predicted octanol–water partition coefficient (Wildman–Crippen LogP) is 0.693. The first kappa shape index (κ1) is 7.85. The molecule has 60 valence electrons. The van der Waals surface area contributed by atoms with Crippen molar-refractivity contribution < 1.29 is 4.79 Å². The third kappa shape index (κ3) is 1.42. The molecule has 3 nitrogen and oxygen atoms in total. The Hall–Kier alpha value is -1.25. The minimum Gasteiger partial charge on any atom is -0.356 e. The summed E-state index contributed by atoms with van der Waals surface area (Å²) >= 11 is 0. The van der Waals surface area contributed by atoms with Crippen LogP contribution in [0.2, 0.25) is 0 Å². The average Bonchev–Trinajstić information content (AvgIpc) is 2.28. The van der Waals surface area contributed by atoms with Gasteiger partial charge in [0.1, 0.15) is 0 Å². The molecule has 0 spiro atoms. The lowest BCUT2D eigenvalue weighted by molar-refractivity contribution is 0.0962. The van der Waals surface area contributed by atoms with Crippen LogP contribution in [0.1, 0.15) is 15.9 Å². The molecule has 0 unspecified atom stereocenters. The number of amides is 1. The Kier molecular flexibility index (Phi) is 1.98. The van der Waals surface area contributed by atoms with Gasteiger partial charge >= 0.3 is 0 Å². The molecule has 0 aliphatic carbocycles. The van der Waals surface area contributed by atoms with Crippen molar-refractivity contribution in [3.05, 3.63) is 23.5 Å². The number of carbonyl (C=O) groups is 1. The van der Waals surface area contributed by atoms with E-state index in [4.69, 9.17) is 0 Å². The van der Waals surface area contributed by atoms with Gasteiger partial charge in [0.05, 0.1) is 5.56 Å². The molecule has 0 bridgehead atoms. The molecule has 1 aromatic heterocycles. The van der Waals surface area contributed by atoms with Crippen LogP contribution in [0.25, 0.3) is 0 Å². The summed E-state index contributed by atoms with van der Waals surface area (Å²) in [4.78, 5) is 11.1. The van der Waals surface area contributed by atoms with Gasteiger partial charge in [-0.05, 0) is 12.5 Å². The van der Waals surface area contributed by atoms with Crippen LogP contribution in [-0.2, 0) is 7.05 Å². The van der Waals surface area contributed by atoms with E-state index in [9.17, 15) is 4.79 Å². The van der Waals surface area contributed by atoms with Crippen molar-refractivity contribution in [3.8, 4) is 0 Å². The van der Waals surface area contributed by atoms with E-state index in [1.54, 1.807) is 7.05 Å². The summed E-state index contributed by atoms with van der Waals surface area (Å²) in [5.74, 6) is -0.0249. The Bertz CT molecular complexity index is 276. The topological polar surface area (TPSA) is 34.0 Å². The highest BCUT2D eigenvalue weighted by Crippen LogP contribution is 2.07. The minimum atomic E-state index is -0.0249. The summed E-state index contributed by atoms with van der Waals surface area (Å²) < 4.78 is 1.87. The molecule has 1 rings (SSSR count). The molecule has 1 N–H and O–H groups in total. The van der Waals surface area contributed by atoms with Crippen LogP contribution in [0.4, 0.5) is 0 Å². The van der Waals surface area contributed by atoms with Gasteiger partial charge in [-0.2, -0.15) is 0 Å². The van der Waals surface area contributed by atoms with Crippen molar-refractivity contribution in [2.24, 2.45) is 7.05 Å². The summed E-state index contributed by atoms with van der Waals surface area (Å²) in [7, 11) is 3.54. The zero-order valence-corrected chi connectivity index (χ0v) is 7.01. The Morgan fingerprint density at radius 3 is 2.55 bits per heavy atom. The van der Waals surface area contributed by atoms with Gasteiger partial charge in [0, 0.05) is 26.5 Å². The minimum absolute atomic E-state index is 0.0249. The van der Waals surface area contributed by atoms with Crippen LogP contribution in [0.5, 0.6) is 0 Å². The van der Waals surface area contributed by atoms with Crippen LogP contribution in [0, 0.1) is 6.92 Å². The van der Waals surface area contributed by atoms with E-state index in [0.717, 1.165) is 11.1 Å². The van der Waals surface area contributed by atoms with Gasteiger partial charge < -0.3 is 9.88 Å². The fourth-order valence-electron chi connectivity index (χ4n) is 1.09. The highest BCUT2D eigenvalue weighted by Gasteiger charge is 2.07. The van der Waals surface area contributed by atoms with Crippen molar-refractivity contribution in [3.63, 3.8) is 0 Å². The van der Waals surface area contributed by atoms with Gasteiger partial charge in [0.2, 0.25) is 0 Å². The predicted molar refractivity (Wildman–Crippen MR) is 43.5 cm³/mol. The summed E-state index contributed by atoms with van der Waals surface area (Å²) in [5, 5.41) is 2.58. The summed E-state index contributed by atoms with van der Waals surface area (Å²) in [6, 6.07) is 0. The molecule has 1 aromatic rings. The second-order valence-corrected chi connectivity index (χ2v) is 2.60. The highest BCUT2D eigenvalue weighted by molar-refractivity contribution is 5.95. The van der Waals surface area contributed by atoms with E-state index in [1.807, 2.05) is 30.9 Å². The maximum Gasteiger partial charge on any atom is 0.252 e. The Balaban J connectivity index is 3.03. The maximum absolute atomic E-state index is 11.1. The zero-order chi connectivity index (χ0) is 8.43. The first-order chi connectivity index (χ1) is 5.15. The van der Waals surface area contributed by atoms with Gasteiger partial charge in [-0.1, -0.05) is 0 Å². The average molecular weight is 152 g/mol. The van der Waals surface area contributed by atoms with E-state index < -0.39 is 0 Å². The van der Waals surface area contributed by atoms with Crippen LogP contribution >= 0.6 is 0 Å². The number of aromatic nitrogens is 1. The Morgan fingerprint density at radius 1 is 1.55 bits per heavy atom. The molecule has 0 fully saturated rings. The van der Waals surface area contributed by atoms with E-state index in [-0.39, 0.29) is 5.91 Å². The second kappa shape index (κ2) is 2.78. The van der Waals surface area contributed by atoms with Gasteiger partial charge in [0.15, 0.2) is 0 Å². The number of carbonyl (C=O) groups excluding carboxylic acids is 1. The second-order valence-electron chi connectivity index (χ2n) is 2.60. The quantitative estimate of drug-likeness (QED) is 0.631. The monoisotopic (exact) mass is 152 g/mol. The molecule has 1 heterocycles. The van der Waals surface area contributed by atoms with Gasteiger partial charge in [-0.15, -0.1) is 0 Å². The van der Waals surface area contributed by atoms with Crippen molar-refractivity contribution in [1.82, 2.24) is 9.88 Å². The third-order valence-electron chi connectivity index (χ3n) is 1.63. The third-order valence-corrected chi connectivity index (χ3v) is 1.63. The molecule has 0 saturated carbocycles. The standard InChI is InChI=1S/C8H12N2O/c1-6-4-10(3)5-7(6)8(11)9-2/h4-5H,1-3H3,(H,9,11). The molecule has 0 aliphatic heterocycles. The molecule has 11 heavy (non-hydrogen) atoms. The number of hydrogen-bond acceptors (Lipinski definition) is 1. The molecule has 1 amide bonds. The SMILES string of the molecule is CNC(=O)c1cn(C)cc1C. The molecule has 0 aliphatic rings. The molecule has 0 atom stereocenters. The molecule has 3 heteroatoms. The first-order valence-corrected chi connectivity index (χ1v) is 3.50. The van der Waals surface area contributed by atoms with Gasteiger partial charge in [0.25, 0.3) is 5.91 Å². The Morgan fingerprint density at radius 2 is 2.18 bits per heavy atom. The van der Waals surface area contributed by atoms with E-state index in [2.05, 4.69) is 5.32 Å². The lowest BCUT2D eigenvalue weighted by Gasteiger charge is -1.95. The number of nitrogens with zero attached hydrogens (tertiary/aromatic N) is 1. The van der Waals surface area contributed by atoms with Crippen LogP contribution < -0.4 is 5.32 Å². The van der Waals surface area contributed by atoms with E-state index in [1.165, 1.54) is 0 Å². The van der Waals surface area contributed by atoms with E-state index >= 15 is 0 Å². The largest absolute Gasteiger partial charge is 0.356 e.